The van der Waals surface area contributed by atoms with Gasteiger partial charge in [0.1, 0.15) is 11.3 Å². The number of para-hydroxylation sites is 1. The molecular formula is C23H27ClN4O2S. The lowest BCUT2D eigenvalue weighted by molar-refractivity contribution is 0.0983. The molecule has 1 aromatic heterocycles. The summed E-state index contributed by atoms with van der Waals surface area (Å²) in [6.07, 6.45) is 0. The SMILES string of the molecule is CCOc1cccc2sc(N(CCN(CC)CC)C(=O)c3ccc(C#N)cc3)nc12.Cl. The van der Waals surface area contributed by atoms with Crippen molar-refractivity contribution in [1.29, 1.82) is 5.26 Å². The van der Waals surface area contributed by atoms with Crippen LogP contribution in [0.15, 0.2) is 42.5 Å². The fourth-order valence-corrected chi connectivity index (χ4v) is 4.22. The number of amides is 1. The minimum atomic E-state index is -0.122. The Morgan fingerprint density at radius 3 is 2.42 bits per heavy atom. The van der Waals surface area contributed by atoms with Gasteiger partial charge in [-0.2, -0.15) is 5.26 Å². The van der Waals surface area contributed by atoms with Gasteiger partial charge in [0, 0.05) is 18.7 Å². The fraction of sp³-hybridized carbons (Fsp3) is 0.348. The fourth-order valence-electron chi connectivity index (χ4n) is 3.21. The molecule has 2 aromatic carbocycles. The highest BCUT2D eigenvalue weighted by molar-refractivity contribution is 7.22. The minimum absolute atomic E-state index is 0. The van der Waals surface area contributed by atoms with Crippen LogP contribution in [0, 0.1) is 11.3 Å². The van der Waals surface area contributed by atoms with Crippen LogP contribution in [-0.2, 0) is 0 Å². The van der Waals surface area contributed by atoms with Crippen LogP contribution in [-0.4, -0.2) is 48.6 Å². The second-order valence-electron chi connectivity index (χ2n) is 6.71. The van der Waals surface area contributed by atoms with Crippen molar-refractivity contribution in [2.75, 3.05) is 37.7 Å². The molecule has 0 saturated heterocycles. The molecule has 0 N–H and O–H groups in total. The Balaban J connectivity index is 0.00000341. The van der Waals surface area contributed by atoms with Crippen molar-refractivity contribution in [2.45, 2.75) is 20.8 Å². The van der Waals surface area contributed by atoms with E-state index in [1.165, 1.54) is 11.3 Å². The lowest BCUT2D eigenvalue weighted by Crippen LogP contribution is -2.38. The van der Waals surface area contributed by atoms with Gasteiger partial charge in [0.25, 0.3) is 5.91 Å². The monoisotopic (exact) mass is 458 g/mol. The van der Waals surface area contributed by atoms with E-state index in [2.05, 4.69) is 24.8 Å². The zero-order chi connectivity index (χ0) is 21.5. The molecule has 6 nitrogen and oxygen atoms in total. The summed E-state index contributed by atoms with van der Waals surface area (Å²) in [6, 6.07) is 14.7. The number of likely N-dealkylation sites (N-methyl/N-ethyl adjacent to an activating group) is 1. The number of aromatic nitrogens is 1. The Morgan fingerprint density at radius 1 is 1.10 bits per heavy atom. The zero-order valence-corrected chi connectivity index (χ0v) is 19.6. The summed E-state index contributed by atoms with van der Waals surface area (Å²) in [7, 11) is 0. The van der Waals surface area contributed by atoms with E-state index in [0.29, 0.717) is 29.4 Å². The molecule has 0 fully saturated rings. The number of hydrogen-bond donors (Lipinski definition) is 0. The number of halogens is 1. The van der Waals surface area contributed by atoms with Gasteiger partial charge >= 0.3 is 0 Å². The molecule has 3 aromatic rings. The third kappa shape index (κ3) is 5.73. The van der Waals surface area contributed by atoms with Gasteiger partial charge in [0.2, 0.25) is 0 Å². The lowest BCUT2D eigenvalue weighted by atomic mass is 10.1. The number of anilines is 1. The maximum absolute atomic E-state index is 13.4. The van der Waals surface area contributed by atoms with Crippen molar-refractivity contribution in [1.82, 2.24) is 9.88 Å². The predicted molar refractivity (Wildman–Crippen MR) is 129 cm³/mol. The molecule has 0 spiro atoms. The highest BCUT2D eigenvalue weighted by Gasteiger charge is 2.23. The Hall–Kier alpha value is -2.66. The molecule has 1 amide bonds. The summed E-state index contributed by atoms with van der Waals surface area (Å²) in [6.45, 7) is 9.85. The molecule has 0 atom stereocenters. The summed E-state index contributed by atoms with van der Waals surface area (Å²) in [4.78, 5) is 22.2. The predicted octanol–water partition coefficient (Wildman–Crippen LogP) is 4.98. The summed E-state index contributed by atoms with van der Waals surface area (Å²) in [5.41, 5.74) is 1.85. The average Bonchev–Trinajstić information content (AvgIpc) is 3.21. The van der Waals surface area contributed by atoms with Gasteiger partial charge < -0.3 is 9.64 Å². The second kappa shape index (κ2) is 11.7. The van der Waals surface area contributed by atoms with Crippen molar-refractivity contribution < 1.29 is 9.53 Å². The van der Waals surface area contributed by atoms with Gasteiger partial charge in [-0.05, 0) is 56.4 Å². The number of thiazole rings is 1. The van der Waals surface area contributed by atoms with Crippen LogP contribution in [0.5, 0.6) is 5.75 Å². The van der Waals surface area contributed by atoms with E-state index in [1.54, 1.807) is 29.2 Å². The number of ether oxygens (including phenoxy) is 1. The van der Waals surface area contributed by atoms with Crippen LogP contribution in [0.1, 0.15) is 36.7 Å². The van der Waals surface area contributed by atoms with Crippen LogP contribution >= 0.6 is 23.7 Å². The molecule has 1 heterocycles. The van der Waals surface area contributed by atoms with Crippen LogP contribution in [0.3, 0.4) is 0 Å². The molecule has 0 aliphatic heterocycles. The van der Waals surface area contributed by atoms with Gasteiger partial charge in [0.15, 0.2) is 5.13 Å². The molecule has 0 aliphatic carbocycles. The first-order valence-electron chi connectivity index (χ1n) is 10.2. The number of benzene rings is 2. The van der Waals surface area contributed by atoms with Crippen LogP contribution < -0.4 is 9.64 Å². The van der Waals surface area contributed by atoms with E-state index in [9.17, 15) is 4.79 Å². The summed E-state index contributed by atoms with van der Waals surface area (Å²) < 4.78 is 6.70. The van der Waals surface area contributed by atoms with E-state index in [4.69, 9.17) is 15.0 Å². The molecule has 31 heavy (non-hydrogen) atoms. The minimum Gasteiger partial charge on any atom is -0.492 e. The summed E-state index contributed by atoms with van der Waals surface area (Å²) in [5.74, 6) is 0.607. The first-order chi connectivity index (χ1) is 14.6. The number of carbonyl (C=O) groups excluding carboxylic acids is 1. The van der Waals surface area contributed by atoms with Gasteiger partial charge in [-0.1, -0.05) is 31.3 Å². The second-order valence-corrected chi connectivity index (χ2v) is 7.71. The number of rotatable bonds is 9. The topological polar surface area (TPSA) is 69.5 Å². The highest BCUT2D eigenvalue weighted by atomic mass is 35.5. The summed E-state index contributed by atoms with van der Waals surface area (Å²) >= 11 is 1.49. The quantitative estimate of drug-likeness (QED) is 0.452. The van der Waals surface area contributed by atoms with Crippen LogP contribution in [0.2, 0.25) is 0 Å². The third-order valence-corrected chi connectivity index (χ3v) is 5.99. The molecular weight excluding hydrogens is 432 g/mol. The Kier molecular flexibility index (Phi) is 9.25. The van der Waals surface area contributed by atoms with E-state index in [0.717, 1.165) is 35.6 Å². The first kappa shape index (κ1) is 24.6. The van der Waals surface area contributed by atoms with Crippen molar-refractivity contribution in [3.05, 3.63) is 53.6 Å². The maximum atomic E-state index is 13.4. The molecule has 0 radical (unpaired) electrons. The van der Waals surface area contributed by atoms with Crippen molar-refractivity contribution >= 4 is 45.0 Å². The van der Waals surface area contributed by atoms with Crippen LogP contribution in [0.25, 0.3) is 10.2 Å². The van der Waals surface area contributed by atoms with Gasteiger partial charge in [0.05, 0.1) is 22.9 Å². The van der Waals surface area contributed by atoms with E-state index >= 15 is 0 Å². The van der Waals surface area contributed by atoms with Crippen molar-refractivity contribution in [2.24, 2.45) is 0 Å². The number of nitriles is 1. The normalized spacial score (nSPS) is 10.5. The molecule has 8 heteroatoms. The van der Waals surface area contributed by atoms with Crippen LogP contribution in [0.4, 0.5) is 5.13 Å². The number of hydrogen-bond acceptors (Lipinski definition) is 6. The molecule has 0 bridgehead atoms. The maximum Gasteiger partial charge on any atom is 0.260 e. The zero-order valence-electron chi connectivity index (χ0n) is 18.0. The number of carbonyl (C=O) groups is 1. The van der Waals surface area contributed by atoms with Gasteiger partial charge in [-0.15, -0.1) is 12.4 Å². The standard InChI is InChI=1S/C23H26N4O2S.ClH/c1-4-26(5-2)14-15-27(22(28)18-12-10-17(16-24)11-13-18)23-25-21-19(29-6-3)8-7-9-20(21)30-23;/h7-13H,4-6,14-15H2,1-3H3;1H. The van der Waals surface area contributed by atoms with Crippen molar-refractivity contribution in [3.8, 4) is 11.8 Å². The summed E-state index contributed by atoms with van der Waals surface area (Å²) in [5, 5.41) is 9.68. The number of nitrogens with zero attached hydrogens (tertiary/aromatic N) is 4. The van der Waals surface area contributed by atoms with Gasteiger partial charge in [-0.3, -0.25) is 9.69 Å². The molecule has 0 unspecified atom stereocenters. The molecule has 0 aliphatic rings. The third-order valence-electron chi connectivity index (χ3n) is 4.94. The van der Waals surface area contributed by atoms with E-state index < -0.39 is 0 Å². The average molecular weight is 459 g/mol. The van der Waals surface area contributed by atoms with Crippen molar-refractivity contribution in [3.63, 3.8) is 0 Å². The number of fused-ring (bicyclic) bond motifs is 1. The largest absolute Gasteiger partial charge is 0.492 e. The van der Waals surface area contributed by atoms with Gasteiger partial charge in [-0.25, -0.2) is 4.98 Å². The van der Waals surface area contributed by atoms with E-state index in [1.807, 2.05) is 25.1 Å². The lowest BCUT2D eigenvalue weighted by Gasteiger charge is -2.24. The molecule has 164 valence electrons. The Morgan fingerprint density at radius 2 is 1.81 bits per heavy atom. The molecule has 0 saturated carbocycles. The Labute approximate surface area is 193 Å². The Bertz CT molecular complexity index is 1040. The van der Waals surface area contributed by atoms with E-state index in [-0.39, 0.29) is 18.3 Å². The highest BCUT2D eigenvalue weighted by Crippen LogP contribution is 2.34. The smallest absolute Gasteiger partial charge is 0.260 e. The molecule has 3 rings (SSSR count). The first-order valence-corrected chi connectivity index (χ1v) is 11.0.